The van der Waals surface area contributed by atoms with Crippen LogP contribution in [0.15, 0.2) is 0 Å². The van der Waals surface area contributed by atoms with Crippen LogP contribution >= 0.6 is 46.3 Å². The number of aliphatic hydroxyl groups excluding tert-OH is 6. The van der Waals surface area contributed by atoms with Crippen LogP contribution in [0.25, 0.3) is 0 Å². The summed E-state index contributed by atoms with van der Waals surface area (Å²) < 4.78 is 77.6. The monoisotopic (exact) mass is 1300 g/mol. The number of aliphatic carboxylic acids is 1. The lowest BCUT2D eigenvalue weighted by molar-refractivity contribution is -0.136. The summed E-state index contributed by atoms with van der Waals surface area (Å²) in [4.78, 5) is 75.0. The molecule has 0 fully saturated rings. The van der Waals surface area contributed by atoms with Crippen molar-refractivity contribution in [2.45, 2.75) is 133 Å². The predicted octanol–water partition coefficient (Wildman–Crippen LogP) is -0.796. The second-order valence-electron chi connectivity index (χ2n) is 19.6. The number of carboxylic acid groups (broad SMARTS) is 1. The second-order valence-corrected chi connectivity index (χ2v) is 28.1. The minimum absolute atomic E-state index is 0.0394. The normalized spacial score (nSPS) is 15.4. The van der Waals surface area contributed by atoms with Gasteiger partial charge in [-0.15, -0.1) is 0 Å². The molecule has 0 aromatic carbocycles. The summed E-state index contributed by atoms with van der Waals surface area (Å²) in [6.45, 7) is 11.5. The lowest BCUT2D eigenvalue weighted by atomic mass is 10.1. The van der Waals surface area contributed by atoms with Crippen LogP contribution in [0.1, 0.15) is 86.0 Å². The molecule has 0 radical (unpaired) electrons. The van der Waals surface area contributed by atoms with Gasteiger partial charge in [0.1, 0.15) is 36.6 Å². The van der Waals surface area contributed by atoms with Crippen LogP contribution in [0.2, 0.25) is 0 Å². The highest BCUT2D eigenvalue weighted by Crippen LogP contribution is 2.69. The Morgan fingerprint density at radius 2 is 0.927 bits per heavy atom. The molecule has 82 heavy (non-hydrogen) atoms. The van der Waals surface area contributed by atoms with Crippen LogP contribution in [0.4, 0.5) is 0 Å². The number of rotatable bonds is 52. The molecular weight excluding hydrogens is 1200 g/mol. The number of nitrogens with two attached hydrogens (primary N) is 1. The quantitative estimate of drug-likeness (QED) is 0.0262. The van der Waals surface area contributed by atoms with Crippen LogP contribution in [0.5, 0.6) is 0 Å². The van der Waals surface area contributed by atoms with Crippen molar-refractivity contribution in [1.29, 1.82) is 0 Å². The van der Waals surface area contributed by atoms with Gasteiger partial charge in [-0.25, -0.2) is 0 Å². The first-order valence-electron chi connectivity index (χ1n) is 26.8. The van der Waals surface area contributed by atoms with Crippen molar-refractivity contribution in [3.8, 4) is 0 Å². The fourth-order valence-corrected chi connectivity index (χ4v) is 9.86. The molecule has 0 aliphatic heterocycles. The Hall–Kier alpha value is -0.590. The number of hydrogen-bond acceptors (Lipinski definition) is 24. The molecule has 0 aromatic heterocycles. The SMILES string of the molecule is CC(C)CCOCC(COCCSCCC(=O)NCCCC(C)(O)P(=O)(O)O)OCC(CO)OCC(O)CO.CC(C)CCOCC(COCCSCCC(=O)O)OCC(CO)OCC(O)CO.NCCCC(O)(P(=O)(O)O)P(=O)(O)O. The topological polar surface area (TPSA) is 501 Å². The highest BCUT2D eigenvalue weighted by atomic mass is 32.2. The number of nitrogens with one attached hydrogen (secondary N) is 1. The Morgan fingerprint density at radius 1 is 0.537 bits per heavy atom. The third kappa shape index (κ3) is 47.5. The predicted molar refractivity (Wildman–Crippen MR) is 305 cm³/mol. The minimum atomic E-state index is -5.30. The summed E-state index contributed by atoms with van der Waals surface area (Å²) in [5.74, 6) is 2.52. The number of carboxylic acids is 1. The number of carbonyl (C=O) groups excluding carboxylic acids is 1. The molecule has 0 saturated heterocycles. The van der Waals surface area contributed by atoms with Crippen molar-refractivity contribution >= 4 is 58.2 Å². The van der Waals surface area contributed by atoms with Gasteiger partial charge in [0.05, 0.1) is 98.9 Å². The zero-order valence-electron chi connectivity index (χ0n) is 48.1. The maximum atomic E-state index is 11.9. The van der Waals surface area contributed by atoms with E-state index in [1.54, 1.807) is 0 Å². The number of hydrogen-bond donors (Lipinski definition) is 17. The molecular formula is C47H101N2O28P3S2. The van der Waals surface area contributed by atoms with Crippen LogP contribution in [-0.4, -0.2) is 276 Å². The molecule has 35 heteroatoms. The molecule has 494 valence electrons. The van der Waals surface area contributed by atoms with Crippen LogP contribution in [0.3, 0.4) is 0 Å². The summed E-state index contributed by atoms with van der Waals surface area (Å²) in [5.41, 5.74) is 5.01. The third-order valence-electron chi connectivity index (χ3n) is 10.9. The van der Waals surface area contributed by atoms with E-state index in [0.717, 1.165) is 19.8 Å². The number of aliphatic hydroxyl groups is 8. The van der Waals surface area contributed by atoms with Crippen molar-refractivity contribution in [3.05, 3.63) is 0 Å². The van der Waals surface area contributed by atoms with E-state index >= 15 is 0 Å². The smallest absolute Gasteiger partial charge is 0.369 e. The first kappa shape index (κ1) is 85.6. The maximum Gasteiger partial charge on any atom is 0.369 e. The van der Waals surface area contributed by atoms with Gasteiger partial charge in [0.25, 0.3) is 5.08 Å². The van der Waals surface area contributed by atoms with Gasteiger partial charge in [-0.1, -0.05) is 27.7 Å². The number of ether oxygens (including phenoxy) is 8. The molecule has 0 spiro atoms. The molecule has 0 rings (SSSR count). The number of carbonyl (C=O) groups is 2. The summed E-state index contributed by atoms with van der Waals surface area (Å²) in [5, 5.41) is 80.1. The van der Waals surface area contributed by atoms with Crippen LogP contribution in [-0.2, 0) is 61.2 Å². The lowest BCUT2D eigenvalue weighted by Crippen LogP contribution is -2.34. The molecule has 0 aromatic rings. The average Bonchev–Trinajstić information content (AvgIpc) is 3.55. The van der Waals surface area contributed by atoms with Gasteiger partial charge in [0, 0.05) is 55.6 Å². The first-order valence-corrected chi connectivity index (χ1v) is 33.9. The minimum Gasteiger partial charge on any atom is -0.481 e. The maximum absolute atomic E-state index is 11.9. The van der Waals surface area contributed by atoms with Gasteiger partial charge < -0.3 is 124 Å². The van der Waals surface area contributed by atoms with Crippen molar-refractivity contribution in [3.63, 3.8) is 0 Å². The van der Waals surface area contributed by atoms with Gasteiger partial charge in [-0.05, 0) is 57.4 Å². The molecule has 18 N–H and O–H groups in total. The Morgan fingerprint density at radius 3 is 1.27 bits per heavy atom. The zero-order chi connectivity index (χ0) is 63.3. The molecule has 30 nitrogen and oxygen atoms in total. The van der Waals surface area contributed by atoms with E-state index in [2.05, 4.69) is 33.0 Å². The summed E-state index contributed by atoms with van der Waals surface area (Å²) in [7, 11) is -15.2. The number of thioether (sulfide) groups is 2. The zero-order valence-corrected chi connectivity index (χ0v) is 52.4. The molecule has 0 bridgehead atoms. The van der Waals surface area contributed by atoms with Crippen molar-refractivity contribution in [2.24, 2.45) is 17.6 Å². The van der Waals surface area contributed by atoms with E-state index in [4.69, 9.17) is 88.3 Å². The van der Waals surface area contributed by atoms with E-state index in [1.165, 1.54) is 23.5 Å². The van der Waals surface area contributed by atoms with Crippen molar-refractivity contribution < 1.29 is 136 Å². The Kier molecular flexibility index (Phi) is 52.5. The van der Waals surface area contributed by atoms with E-state index in [-0.39, 0.29) is 110 Å². The molecule has 0 heterocycles. The summed E-state index contributed by atoms with van der Waals surface area (Å²) in [6, 6.07) is 0. The van der Waals surface area contributed by atoms with Gasteiger partial charge in [0.2, 0.25) is 5.91 Å². The lowest BCUT2D eigenvalue weighted by Gasteiger charge is -2.28. The molecule has 0 aliphatic carbocycles. The Bertz CT molecular complexity index is 1680. The number of amides is 1. The van der Waals surface area contributed by atoms with E-state index in [0.29, 0.717) is 81.1 Å². The highest BCUT2D eigenvalue weighted by Gasteiger charge is 2.58. The van der Waals surface area contributed by atoms with E-state index in [9.17, 15) is 53.9 Å². The molecule has 0 aliphatic rings. The van der Waals surface area contributed by atoms with Gasteiger partial charge in [0.15, 0.2) is 5.34 Å². The van der Waals surface area contributed by atoms with Crippen molar-refractivity contribution in [2.75, 3.05) is 142 Å². The fourth-order valence-electron chi connectivity index (χ4n) is 5.63. The Balaban J connectivity index is -0.00000127. The summed E-state index contributed by atoms with van der Waals surface area (Å²) >= 11 is 3.06. The molecule has 0 saturated carbocycles. The molecule has 7 unspecified atom stereocenters. The Labute approximate surface area is 490 Å². The van der Waals surface area contributed by atoms with E-state index in [1.807, 2.05) is 0 Å². The average molecular weight is 1300 g/mol. The van der Waals surface area contributed by atoms with E-state index < -0.39 is 83.2 Å². The van der Waals surface area contributed by atoms with Crippen LogP contribution < -0.4 is 11.1 Å². The van der Waals surface area contributed by atoms with Gasteiger partial charge >= 0.3 is 28.8 Å². The fraction of sp³-hybridized carbons (Fsp3) is 0.957. The highest BCUT2D eigenvalue weighted by molar-refractivity contribution is 7.99. The van der Waals surface area contributed by atoms with Gasteiger partial charge in [-0.3, -0.25) is 23.3 Å². The largest absolute Gasteiger partial charge is 0.481 e. The molecule has 7 atom stereocenters. The first-order chi connectivity index (χ1) is 38.3. The summed E-state index contributed by atoms with van der Waals surface area (Å²) in [6.07, 6.45) is -2.52. The second kappa shape index (κ2) is 50.3. The standard InChI is InChI=1S/C24H50NO12PS.C19H38O9S.C4H13NO7P2/c1-19(2)5-9-34-16-22(37-18-21(14-27)36-15-20(28)13-26)17-35-10-12-39-11-6-23(29)25-8-4-7-24(3,30)38(31,32)33;1-15(2)3-5-25-12-18(13-26-6-8-29-7-4-19(23)24)28-14-17(10-21)27-11-16(22)9-20;5-3-1-2-4(6,13(7,8)9)14(10,11)12/h19-22,26-28,30H,4-18H2,1-3H3,(H,25,29)(H2,31,32,33);15-18,20-22H,3-14H2,1-2H3,(H,23,24);6H,1-3,5H2,(H2,7,8,9)(H2,10,11,12). The molecule has 1 amide bonds. The van der Waals surface area contributed by atoms with Crippen LogP contribution in [0, 0.1) is 11.8 Å². The van der Waals surface area contributed by atoms with Gasteiger partial charge in [-0.2, -0.15) is 23.5 Å². The third-order valence-corrected chi connectivity index (χ3v) is 18.2. The van der Waals surface area contributed by atoms with Crippen molar-refractivity contribution in [1.82, 2.24) is 5.32 Å².